The highest BCUT2D eigenvalue weighted by Gasteiger charge is 2.23. The van der Waals surface area contributed by atoms with Gasteiger partial charge in [0.25, 0.3) is 0 Å². The fourth-order valence-electron chi connectivity index (χ4n) is 2.91. The highest BCUT2D eigenvalue weighted by atomic mass is 19.1. The van der Waals surface area contributed by atoms with Crippen molar-refractivity contribution in [2.45, 2.75) is 51.6 Å². The zero-order valence-corrected chi connectivity index (χ0v) is 11.0. The topological polar surface area (TPSA) is 12.0 Å². The number of rotatable bonds is 4. The van der Waals surface area contributed by atoms with Crippen LogP contribution in [-0.4, -0.2) is 6.04 Å². The van der Waals surface area contributed by atoms with Crippen LogP contribution in [-0.2, 0) is 0 Å². The zero-order valence-electron chi connectivity index (χ0n) is 11.0. The molecule has 0 amide bonds. The van der Waals surface area contributed by atoms with E-state index in [0.717, 1.165) is 6.07 Å². The van der Waals surface area contributed by atoms with E-state index in [1.54, 1.807) is 0 Å². The summed E-state index contributed by atoms with van der Waals surface area (Å²) in [7, 11) is 0. The highest BCUT2D eigenvalue weighted by molar-refractivity contribution is 5.21. The second kappa shape index (κ2) is 5.79. The van der Waals surface area contributed by atoms with E-state index < -0.39 is 11.6 Å². The first-order valence-corrected chi connectivity index (χ1v) is 6.78. The molecule has 1 fully saturated rings. The quantitative estimate of drug-likeness (QED) is 0.848. The van der Waals surface area contributed by atoms with Crippen LogP contribution in [0.15, 0.2) is 18.2 Å². The molecular formula is C15H21F2N. The summed E-state index contributed by atoms with van der Waals surface area (Å²) in [4.78, 5) is 0. The van der Waals surface area contributed by atoms with Gasteiger partial charge in [-0.2, -0.15) is 0 Å². The van der Waals surface area contributed by atoms with Crippen LogP contribution in [0.5, 0.6) is 0 Å². The third kappa shape index (κ3) is 3.29. The molecule has 0 aliphatic heterocycles. The molecule has 2 atom stereocenters. The van der Waals surface area contributed by atoms with Gasteiger partial charge in [0.15, 0.2) is 0 Å². The molecule has 100 valence electrons. The molecule has 0 heterocycles. The Morgan fingerprint density at radius 2 is 1.61 bits per heavy atom. The van der Waals surface area contributed by atoms with Crippen molar-refractivity contribution in [3.05, 3.63) is 35.4 Å². The summed E-state index contributed by atoms with van der Waals surface area (Å²) < 4.78 is 26.3. The molecule has 0 saturated heterocycles. The average molecular weight is 253 g/mol. The van der Waals surface area contributed by atoms with Gasteiger partial charge in [-0.05, 0) is 50.3 Å². The Morgan fingerprint density at radius 3 is 2.17 bits per heavy atom. The lowest BCUT2D eigenvalue weighted by Crippen LogP contribution is -2.34. The van der Waals surface area contributed by atoms with Gasteiger partial charge in [-0.25, -0.2) is 8.78 Å². The van der Waals surface area contributed by atoms with Crippen molar-refractivity contribution in [1.29, 1.82) is 0 Å². The van der Waals surface area contributed by atoms with Crippen molar-refractivity contribution in [2.24, 2.45) is 5.92 Å². The molecule has 1 unspecified atom stereocenters. The van der Waals surface area contributed by atoms with Gasteiger partial charge in [-0.1, -0.05) is 12.8 Å². The fourth-order valence-corrected chi connectivity index (χ4v) is 2.91. The van der Waals surface area contributed by atoms with Crippen LogP contribution in [0.1, 0.15) is 51.1 Å². The number of halogens is 2. The number of hydrogen-bond donors (Lipinski definition) is 1. The van der Waals surface area contributed by atoms with E-state index in [4.69, 9.17) is 0 Å². The molecule has 3 heteroatoms. The molecule has 0 bridgehead atoms. The van der Waals surface area contributed by atoms with Gasteiger partial charge in [0.05, 0.1) is 0 Å². The summed E-state index contributed by atoms with van der Waals surface area (Å²) in [6.45, 7) is 4.13. The second-order valence-corrected chi connectivity index (χ2v) is 5.42. The fraction of sp³-hybridized carbons (Fsp3) is 0.600. The van der Waals surface area contributed by atoms with Crippen molar-refractivity contribution in [3.63, 3.8) is 0 Å². The van der Waals surface area contributed by atoms with Crippen LogP contribution in [0.4, 0.5) is 8.78 Å². The van der Waals surface area contributed by atoms with Crippen molar-refractivity contribution in [3.8, 4) is 0 Å². The van der Waals surface area contributed by atoms with E-state index in [0.29, 0.717) is 17.5 Å². The molecule has 1 nitrogen and oxygen atoms in total. The Morgan fingerprint density at radius 1 is 1.06 bits per heavy atom. The molecule has 1 aromatic rings. The Bertz CT molecular complexity index is 379. The third-order valence-corrected chi connectivity index (χ3v) is 4.00. The van der Waals surface area contributed by atoms with Gasteiger partial charge in [-0.3, -0.25) is 0 Å². The molecule has 0 radical (unpaired) electrons. The Kier molecular flexibility index (Phi) is 4.33. The Balaban J connectivity index is 1.99. The molecule has 0 spiro atoms. The number of benzene rings is 1. The Hall–Kier alpha value is -0.960. The molecule has 18 heavy (non-hydrogen) atoms. The zero-order chi connectivity index (χ0) is 13.1. The summed E-state index contributed by atoms with van der Waals surface area (Å²) in [5.41, 5.74) is 0.678. The van der Waals surface area contributed by atoms with Crippen molar-refractivity contribution < 1.29 is 8.78 Å². The first-order chi connectivity index (χ1) is 8.56. The molecule has 1 aliphatic rings. The van der Waals surface area contributed by atoms with Gasteiger partial charge in [0.1, 0.15) is 11.6 Å². The normalized spacial score (nSPS) is 20.0. The van der Waals surface area contributed by atoms with Gasteiger partial charge < -0.3 is 5.32 Å². The summed E-state index contributed by atoms with van der Waals surface area (Å²) in [5.74, 6) is -0.315. The summed E-state index contributed by atoms with van der Waals surface area (Å²) in [6, 6.07) is 4.10. The monoisotopic (exact) mass is 253 g/mol. The molecule has 1 aromatic carbocycles. The van der Waals surface area contributed by atoms with Gasteiger partial charge in [0, 0.05) is 18.2 Å². The van der Waals surface area contributed by atoms with Gasteiger partial charge in [0.2, 0.25) is 0 Å². The highest BCUT2D eigenvalue weighted by Crippen LogP contribution is 2.29. The minimum absolute atomic E-state index is 0.0224. The largest absolute Gasteiger partial charge is 0.307 e. The molecule has 0 aromatic heterocycles. The summed E-state index contributed by atoms with van der Waals surface area (Å²) in [6.07, 6.45) is 5.14. The predicted molar refractivity (Wildman–Crippen MR) is 69.3 cm³/mol. The molecule has 1 N–H and O–H groups in total. The lowest BCUT2D eigenvalue weighted by atomic mass is 9.98. The van der Waals surface area contributed by atoms with Gasteiger partial charge in [-0.15, -0.1) is 0 Å². The lowest BCUT2D eigenvalue weighted by Gasteiger charge is -2.25. The van der Waals surface area contributed by atoms with Crippen LogP contribution < -0.4 is 5.32 Å². The third-order valence-electron chi connectivity index (χ3n) is 4.00. The van der Waals surface area contributed by atoms with Crippen LogP contribution in [0.3, 0.4) is 0 Å². The second-order valence-electron chi connectivity index (χ2n) is 5.42. The SMILES string of the molecule is CC(N[C@@H](C)C1CCCC1)c1cc(F)cc(F)c1. The van der Waals surface area contributed by atoms with Crippen LogP contribution >= 0.6 is 0 Å². The number of nitrogens with one attached hydrogen (secondary N) is 1. The van der Waals surface area contributed by atoms with E-state index in [1.165, 1.54) is 37.8 Å². The van der Waals surface area contributed by atoms with E-state index in [2.05, 4.69) is 12.2 Å². The minimum Gasteiger partial charge on any atom is -0.307 e. The molecule has 1 saturated carbocycles. The first-order valence-electron chi connectivity index (χ1n) is 6.78. The smallest absolute Gasteiger partial charge is 0.126 e. The number of hydrogen-bond acceptors (Lipinski definition) is 1. The lowest BCUT2D eigenvalue weighted by molar-refractivity contribution is 0.351. The maximum atomic E-state index is 13.2. The van der Waals surface area contributed by atoms with E-state index in [1.807, 2.05) is 6.92 Å². The standard InChI is InChI=1S/C15H21F2N/c1-10(12-5-3-4-6-12)18-11(2)13-7-14(16)9-15(17)8-13/h7-12,18H,3-6H2,1-2H3/t10-,11?/m0/s1. The minimum atomic E-state index is -0.507. The molecule has 2 rings (SSSR count). The van der Waals surface area contributed by atoms with Crippen molar-refractivity contribution in [2.75, 3.05) is 0 Å². The van der Waals surface area contributed by atoms with Gasteiger partial charge >= 0.3 is 0 Å². The molecular weight excluding hydrogens is 232 g/mol. The predicted octanol–water partition coefficient (Wildman–Crippen LogP) is 4.19. The first kappa shape index (κ1) is 13.5. The van der Waals surface area contributed by atoms with Crippen LogP contribution in [0.2, 0.25) is 0 Å². The summed E-state index contributed by atoms with van der Waals surface area (Å²) in [5, 5.41) is 3.46. The van der Waals surface area contributed by atoms with E-state index in [9.17, 15) is 8.78 Å². The summed E-state index contributed by atoms with van der Waals surface area (Å²) >= 11 is 0. The molecule has 1 aliphatic carbocycles. The maximum Gasteiger partial charge on any atom is 0.126 e. The van der Waals surface area contributed by atoms with Crippen LogP contribution in [0, 0.1) is 17.6 Å². The van der Waals surface area contributed by atoms with Crippen molar-refractivity contribution in [1.82, 2.24) is 5.32 Å². The van der Waals surface area contributed by atoms with E-state index >= 15 is 0 Å². The Labute approximate surface area is 108 Å². The van der Waals surface area contributed by atoms with Crippen molar-refractivity contribution >= 4 is 0 Å². The van der Waals surface area contributed by atoms with E-state index in [-0.39, 0.29) is 6.04 Å². The average Bonchev–Trinajstić information content (AvgIpc) is 2.80. The van der Waals surface area contributed by atoms with Crippen LogP contribution in [0.25, 0.3) is 0 Å². The maximum absolute atomic E-state index is 13.2.